The minimum Gasteiger partial charge on any atom is -0.616 e. The lowest BCUT2D eigenvalue weighted by atomic mass is 10.3. The van der Waals surface area contributed by atoms with Gasteiger partial charge in [0.25, 0.3) is 5.52 Å². The molecule has 0 aliphatic carbocycles. The molecule has 1 saturated heterocycles. The molecular formula is C15H17N3O4. The van der Waals surface area contributed by atoms with Crippen molar-refractivity contribution in [3.8, 4) is 0 Å². The molecule has 1 aromatic heterocycles. The van der Waals surface area contributed by atoms with E-state index in [4.69, 9.17) is 4.42 Å². The molecule has 0 spiro atoms. The van der Waals surface area contributed by atoms with Crippen LogP contribution in [0.1, 0.15) is 18.7 Å². The number of nitrogens with one attached hydrogen (secondary N) is 1. The van der Waals surface area contributed by atoms with Gasteiger partial charge in [-0.25, -0.2) is 0 Å². The fourth-order valence-corrected chi connectivity index (χ4v) is 2.58. The average molecular weight is 303 g/mol. The van der Waals surface area contributed by atoms with Gasteiger partial charge in [0, 0.05) is 25.6 Å². The fourth-order valence-electron chi connectivity index (χ4n) is 2.58. The third-order valence-electron chi connectivity index (χ3n) is 3.71. The highest BCUT2D eigenvalue weighted by Gasteiger charge is 2.22. The molecule has 0 atom stereocenters. The van der Waals surface area contributed by atoms with Crippen molar-refractivity contribution in [2.24, 2.45) is 0 Å². The van der Waals surface area contributed by atoms with Crippen LogP contribution < -0.4 is 10.0 Å². The molecule has 0 bridgehead atoms. The Labute approximate surface area is 127 Å². The first-order valence-corrected chi connectivity index (χ1v) is 7.29. The maximum Gasteiger partial charge on any atom is 0.361 e. The Balaban J connectivity index is 1.52. The van der Waals surface area contributed by atoms with Crippen LogP contribution in [-0.2, 0) is 16.0 Å². The molecule has 0 radical (unpaired) electrons. The van der Waals surface area contributed by atoms with Crippen LogP contribution in [0, 0.1) is 5.21 Å². The number of para-hydroxylation sites is 2. The molecule has 7 nitrogen and oxygen atoms in total. The number of benzene rings is 1. The number of amides is 2. The molecular weight excluding hydrogens is 286 g/mol. The summed E-state index contributed by atoms with van der Waals surface area (Å²) in [5.74, 6) is 0.0624. The number of hydrogen-bond donors (Lipinski definition) is 1. The largest absolute Gasteiger partial charge is 0.616 e. The van der Waals surface area contributed by atoms with Crippen molar-refractivity contribution < 1.29 is 18.7 Å². The first-order valence-electron chi connectivity index (χ1n) is 7.29. The maximum absolute atomic E-state index is 12.0. The molecule has 1 aliphatic heterocycles. The molecule has 7 heteroatoms. The normalized spacial score (nSPS) is 14.7. The zero-order valence-corrected chi connectivity index (χ0v) is 12.1. The van der Waals surface area contributed by atoms with Gasteiger partial charge in [-0.2, -0.15) is 0 Å². The first-order chi connectivity index (χ1) is 10.6. The van der Waals surface area contributed by atoms with E-state index in [0.29, 0.717) is 37.0 Å². The van der Waals surface area contributed by atoms with Gasteiger partial charge in [0.05, 0.1) is 13.0 Å². The number of oxazole rings is 1. The predicted octanol–water partition coefficient (Wildman–Crippen LogP) is 0.347. The van der Waals surface area contributed by atoms with Crippen molar-refractivity contribution in [2.75, 3.05) is 19.6 Å². The van der Waals surface area contributed by atoms with Crippen LogP contribution in [0.5, 0.6) is 0 Å². The smallest absolute Gasteiger partial charge is 0.361 e. The van der Waals surface area contributed by atoms with Crippen LogP contribution in [0.3, 0.4) is 0 Å². The van der Waals surface area contributed by atoms with Crippen LogP contribution in [0.4, 0.5) is 0 Å². The van der Waals surface area contributed by atoms with Crippen LogP contribution >= 0.6 is 0 Å². The maximum atomic E-state index is 12.0. The number of likely N-dealkylation sites (tertiary alicyclic amines) is 1. The Hall–Kier alpha value is -2.57. The lowest BCUT2D eigenvalue weighted by molar-refractivity contribution is -0.592. The topological polar surface area (TPSA) is 89.5 Å². The van der Waals surface area contributed by atoms with Gasteiger partial charge in [-0.3, -0.25) is 9.59 Å². The summed E-state index contributed by atoms with van der Waals surface area (Å²) in [4.78, 5) is 24.8. The number of carbonyl (C=O) groups excluding carboxylic acids is 2. The summed E-state index contributed by atoms with van der Waals surface area (Å²) < 4.78 is 6.21. The molecule has 2 aromatic rings. The highest BCUT2D eigenvalue weighted by molar-refractivity contribution is 5.85. The highest BCUT2D eigenvalue weighted by atomic mass is 16.5. The van der Waals surface area contributed by atoms with Gasteiger partial charge < -0.3 is 19.8 Å². The monoisotopic (exact) mass is 303 g/mol. The quantitative estimate of drug-likeness (QED) is 0.637. The molecule has 0 saturated carbocycles. The van der Waals surface area contributed by atoms with E-state index in [-0.39, 0.29) is 24.2 Å². The van der Waals surface area contributed by atoms with Gasteiger partial charge in [0.2, 0.25) is 17.4 Å². The van der Waals surface area contributed by atoms with E-state index in [0.717, 1.165) is 11.2 Å². The average Bonchev–Trinajstić information content (AvgIpc) is 3.04. The summed E-state index contributed by atoms with van der Waals surface area (Å²) in [5, 5.41) is 14.7. The molecule has 1 aliphatic rings. The van der Waals surface area contributed by atoms with Crippen molar-refractivity contribution in [3.63, 3.8) is 0 Å². The van der Waals surface area contributed by atoms with Gasteiger partial charge in [0.1, 0.15) is 0 Å². The molecule has 22 heavy (non-hydrogen) atoms. The van der Waals surface area contributed by atoms with Crippen molar-refractivity contribution in [3.05, 3.63) is 35.4 Å². The second kappa shape index (κ2) is 6.05. The minimum atomic E-state index is -0.219. The Kier molecular flexibility index (Phi) is 3.95. The summed E-state index contributed by atoms with van der Waals surface area (Å²) in [6, 6.07) is 6.98. The molecule has 116 valence electrons. The van der Waals surface area contributed by atoms with Crippen LogP contribution in [0.15, 0.2) is 28.7 Å². The van der Waals surface area contributed by atoms with E-state index in [2.05, 4.69) is 5.32 Å². The van der Waals surface area contributed by atoms with E-state index in [1.165, 1.54) is 0 Å². The van der Waals surface area contributed by atoms with Gasteiger partial charge >= 0.3 is 5.89 Å². The van der Waals surface area contributed by atoms with E-state index in [1.807, 2.05) is 0 Å². The molecule has 1 fully saturated rings. The Bertz CT molecular complexity index is 710. The number of hydrogen-bond acceptors (Lipinski definition) is 4. The van der Waals surface area contributed by atoms with Crippen LogP contribution in [0.2, 0.25) is 0 Å². The molecule has 1 aromatic carbocycles. The Morgan fingerprint density at radius 3 is 2.95 bits per heavy atom. The number of rotatable bonds is 5. The fraction of sp³-hybridized carbons (Fsp3) is 0.400. The van der Waals surface area contributed by atoms with Crippen molar-refractivity contribution in [1.82, 2.24) is 10.2 Å². The van der Waals surface area contributed by atoms with Gasteiger partial charge in [0.15, 0.2) is 0 Å². The minimum absolute atomic E-state index is 0.0184. The first kappa shape index (κ1) is 14.4. The number of carbonyl (C=O) groups is 2. The summed E-state index contributed by atoms with van der Waals surface area (Å²) >= 11 is 0. The number of fused-ring (bicyclic) bond motifs is 1. The summed E-state index contributed by atoms with van der Waals surface area (Å²) in [7, 11) is 0. The van der Waals surface area contributed by atoms with Crippen molar-refractivity contribution >= 4 is 22.9 Å². The standard InChI is InChI=1S/C15H17N3O4/c19-13(10-17-9-3-6-14(17)20)16-8-7-15-18(21)11-4-1-2-5-12(11)22-15/h1-2,4-5H,3,6-10H2,(H,16,19). The Morgan fingerprint density at radius 2 is 2.23 bits per heavy atom. The second-order valence-corrected chi connectivity index (χ2v) is 5.28. The Morgan fingerprint density at radius 1 is 1.41 bits per heavy atom. The van der Waals surface area contributed by atoms with E-state index >= 15 is 0 Å². The van der Waals surface area contributed by atoms with Crippen molar-refractivity contribution in [2.45, 2.75) is 19.3 Å². The highest BCUT2D eigenvalue weighted by Crippen LogP contribution is 2.12. The molecule has 2 heterocycles. The molecule has 2 amide bonds. The van der Waals surface area contributed by atoms with Crippen molar-refractivity contribution in [1.29, 1.82) is 0 Å². The van der Waals surface area contributed by atoms with Crippen LogP contribution in [0.25, 0.3) is 11.1 Å². The lowest BCUT2D eigenvalue weighted by Crippen LogP contribution is -2.39. The molecule has 1 N–H and O–H groups in total. The third-order valence-corrected chi connectivity index (χ3v) is 3.71. The van der Waals surface area contributed by atoms with Gasteiger partial charge in [-0.1, -0.05) is 12.1 Å². The lowest BCUT2D eigenvalue weighted by Gasteiger charge is -2.14. The molecule has 3 rings (SSSR count). The zero-order valence-electron chi connectivity index (χ0n) is 12.1. The van der Waals surface area contributed by atoms with Gasteiger partial charge in [-0.15, -0.1) is 4.73 Å². The van der Waals surface area contributed by atoms with E-state index in [9.17, 15) is 14.8 Å². The van der Waals surface area contributed by atoms with E-state index in [1.54, 1.807) is 29.2 Å². The summed E-state index contributed by atoms with van der Waals surface area (Å²) in [5.41, 5.74) is 1.01. The number of nitrogens with zero attached hydrogens (tertiary/aromatic N) is 2. The SMILES string of the molecule is O=C(CN1CCCC1=O)NCCc1oc2ccccc2[n+]1[O-]. The zero-order chi connectivity index (χ0) is 15.5. The second-order valence-electron chi connectivity index (χ2n) is 5.28. The number of aromatic nitrogens is 1. The van der Waals surface area contributed by atoms with Crippen LogP contribution in [-0.4, -0.2) is 36.3 Å². The third kappa shape index (κ3) is 2.88. The summed E-state index contributed by atoms with van der Waals surface area (Å²) in [6.07, 6.45) is 1.63. The summed E-state index contributed by atoms with van der Waals surface area (Å²) in [6.45, 7) is 1.01. The van der Waals surface area contributed by atoms with E-state index < -0.39 is 0 Å². The van der Waals surface area contributed by atoms with Gasteiger partial charge in [-0.05, 0) is 12.5 Å². The molecule has 0 unspecified atom stereocenters. The predicted molar refractivity (Wildman–Crippen MR) is 77.7 cm³/mol.